The first-order valence-electron chi connectivity index (χ1n) is 10.3. The van der Waals surface area contributed by atoms with Crippen molar-refractivity contribution in [3.8, 4) is 11.3 Å². The van der Waals surface area contributed by atoms with Crippen LogP contribution in [0.5, 0.6) is 0 Å². The summed E-state index contributed by atoms with van der Waals surface area (Å²) in [6.45, 7) is 3.38. The molecule has 4 aromatic heterocycles. The summed E-state index contributed by atoms with van der Waals surface area (Å²) in [4.78, 5) is 18.0. The van der Waals surface area contributed by atoms with Crippen LogP contribution in [-0.4, -0.2) is 38.6 Å². The Labute approximate surface area is 199 Å². The van der Waals surface area contributed by atoms with Gasteiger partial charge in [-0.2, -0.15) is 10.2 Å². The van der Waals surface area contributed by atoms with E-state index < -0.39 is 10.0 Å². The monoisotopic (exact) mass is 492 g/mol. The van der Waals surface area contributed by atoms with Crippen molar-refractivity contribution in [3.63, 3.8) is 0 Å². The summed E-state index contributed by atoms with van der Waals surface area (Å²) in [5, 5.41) is 10.4. The molecular formula is C23H20N6O3S2. The van der Waals surface area contributed by atoms with E-state index in [-0.39, 0.29) is 10.7 Å². The standard InChI is InChI=1S/C23H20N6O3S2/c1-14-22(15(2)28(3)26-14)34(31,32)27-17-7-4-6-16(12-17)19-9-10-24-23-18(13-25-29(19)23)21(30)20-8-5-11-33-20/h4-13,27H,1-3H3. The molecule has 0 aliphatic carbocycles. The second-order valence-corrected chi connectivity index (χ2v) is 10.3. The highest BCUT2D eigenvalue weighted by molar-refractivity contribution is 7.92. The van der Waals surface area contributed by atoms with Crippen molar-refractivity contribution < 1.29 is 13.2 Å². The van der Waals surface area contributed by atoms with Gasteiger partial charge in [-0.05, 0) is 43.5 Å². The Hall–Kier alpha value is -3.83. The first kappa shape index (κ1) is 22.0. The predicted molar refractivity (Wildman–Crippen MR) is 130 cm³/mol. The van der Waals surface area contributed by atoms with Gasteiger partial charge in [0.2, 0.25) is 5.78 Å². The summed E-state index contributed by atoms with van der Waals surface area (Å²) in [6, 6.07) is 12.3. The quantitative estimate of drug-likeness (QED) is 0.361. The van der Waals surface area contributed by atoms with E-state index in [0.29, 0.717) is 44.4 Å². The van der Waals surface area contributed by atoms with Gasteiger partial charge >= 0.3 is 0 Å². The van der Waals surface area contributed by atoms with Crippen LogP contribution >= 0.6 is 11.3 Å². The second kappa shape index (κ2) is 8.19. The van der Waals surface area contributed by atoms with Gasteiger partial charge in [-0.3, -0.25) is 14.2 Å². The Kier molecular flexibility index (Phi) is 5.29. The van der Waals surface area contributed by atoms with E-state index in [1.54, 1.807) is 66.6 Å². The zero-order valence-electron chi connectivity index (χ0n) is 18.6. The molecule has 172 valence electrons. The van der Waals surface area contributed by atoms with Crippen molar-refractivity contribution >= 4 is 38.5 Å². The number of carbonyl (C=O) groups is 1. The van der Waals surface area contributed by atoms with Gasteiger partial charge in [0.1, 0.15) is 4.90 Å². The minimum absolute atomic E-state index is 0.140. The Balaban J connectivity index is 1.53. The van der Waals surface area contributed by atoms with Crippen molar-refractivity contribution in [1.29, 1.82) is 0 Å². The SMILES string of the molecule is Cc1nn(C)c(C)c1S(=O)(=O)Nc1cccc(-c2ccnc3c(C(=O)c4cccs4)cnn23)c1. The zero-order valence-corrected chi connectivity index (χ0v) is 20.2. The topological polar surface area (TPSA) is 111 Å². The summed E-state index contributed by atoms with van der Waals surface area (Å²) in [5.74, 6) is -0.140. The summed E-state index contributed by atoms with van der Waals surface area (Å²) in [5.41, 5.74) is 3.60. The van der Waals surface area contributed by atoms with Crippen LogP contribution in [0.2, 0.25) is 0 Å². The van der Waals surface area contributed by atoms with Crippen molar-refractivity contribution in [2.45, 2.75) is 18.7 Å². The molecule has 0 fully saturated rings. The number of carbonyl (C=O) groups excluding carboxylic acids is 1. The van der Waals surface area contributed by atoms with Crippen LogP contribution in [-0.2, 0) is 17.1 Å². The number of thiophene rings is 1. The fourth-order valence-corrected chi connectivity index (χ4v) is 6.07. The van der Waals surface area contributed by atoms with E-state index in [0.717, 1.165) is 0 Å². The first-order chi connectivity index (χ1) is 16.3. The molecule has 4 heterocycles. The van der Waals surface area contributed by atoms with Crippen molar-refractivity contribution in [2.75, 3.05) is 4.72 Å². The van der Waals surface area contributed by atoms with E-state index in [1.165, 1.54) is 17.5 Å². The van der Waals surface area contributed by atoms with Crippen LogP contribution in [0.15, 0.2) is 65.1 Å². The molecule has 0 saturated heterocycles. The summed E-state index contributed by atoms with van der Waals surface area (Å²) in [6.07, 6.45) is 3.12. The number of ketones is 1. The van der Waals surface area contributed by atoms with E-state index in [9.17, 15) is 13.2 Å². The number of nitrogens with zero attached hydrogens (tertiary/aromatic N) is 5. The van der Waals surface area contributed by atoms with E-state index >= 15 is 0 Å². The number of rotatable bonds is 6. The van der Waals surface area contributed by atoms with Gasteiger partial charge in [0.05, 0.1) is 33.7 Å². The van der Waals surface area contributed by atoms with Crippen LogP contribution in [0.4, 0.5) is 5.69 Å². The number of hydrogen-bond acceptors (Lipinski definition) is 7. The van der Waals surface area contributed by atoms with Gasteiger partial charge in [0, 0.05) is 24.5 Å². The molecule has 1 aromatic carbocycles. The Morgan fingerprint density at radius 3 is 2.65 bits per heavy atom. The smallest absolute Gasteiger partial charge is 0.265 e. The molecule has 1 N–H and O–H groups in total. The molecule has 0 spiro atoms. The highest BCUT2D eigenvalue weighted by Gasteiger charge is 2.24. The predicted octanol–water partition coefficient (Wildman–Crippen LogP) is 3.84. The van der Waals surface area contributed by atoms with E-state index in [2.05, 4.69) is 19.9 Å². The van der Waals surface area contributed by atoms with Gasteiger partial charge in [0.25, 0.3) is 10.0 Å². The molecule has 5 rings (SSSR count). The van der Waals surface area contributed by atoms with Crippen LogP contribution in [0.3, 0.4) is 0 Å². The Morgan fingerprint density at radius 1 is 1.12 bits per heavy atom. The lowest BCUT2D eigenvalue weighted by molar-refractivity contribution is 0.104. The van der Waals surface area contributed by atoms with Gasteiger partial charge in [-0.25, -0.2) is 17.9 Å². The van der Waals surface area contributed by atoms with Gasteiger partial charge in [0.15, 0.2) is 5.65 Å². The third-order valence-corrected chi connectivity index (χ3v) is 8.01. The average Bonchev–Trinajstić information content (AvgIpc) is 3.53. The minimum atomic E-state index is -3.84. The molecule has 5 aromatic rings. The van der Waals surface area contributed by atoms with Crippen molar-refractivity contribution in [3.05, 3.63) is 82.1 Å². The summed E-state index contributed by atoms with van der Waals surface area (Å²) < 4.78 is 31.9. The van der Waals surface area contributed by atoms with Crippen molar-refractivity contribution in [2.24, 2.45) is 7.05 Å². The number of hydrogen-bond donors (Lipinski definition) is 1. The maximum Gasteiger partial charge on any atom is 0.265 e. The van der Waals surface area contributed by atoms with Gasteiger partial charge in [-0.1, -0.05) is 18.2 Å². The third-order valence-electron chi connectivity index (χ3n) is 5.51. The van der Waals surface area contributed by atoms with Gasteiger partial charge in [-0.15, -0.1) is 11.3 Å². The number of sulfonamides is 1. The Morgan fingerprint density at radius 2 is 1.94 bits per heavy atom. The fraction of sp³-hybridized carbons (Fsp3) is 0.130. The lowest BCUT2D eigenvalue weighted by Gasteiger charge is -2.11. The molecule has 11 heteroatoms. The molecule has 0 aliphatic heterocycles. The molecule has 0 atom stereocenters. The number of fused-ring (bicyclic) bond motifs is 1. The van der Waals surface area contributed by atoms with E-state index in [4.69, 9.17) is 0 Å². The van der Waals surface area contributed by atoms with Crippen LogP contribution in [0.25, 0.3) is 16.9 Å². The number of aromatic nitrogens is 5. The number of benzene rings is 1. The Bertz CT molecular complexity index is 1650. The fourth-order valence-electron chi connectivity index (χ4n) is 3.90. The molecule has 0 aliphatic rings. The minimum Gasteiger partial charge on any atom is -0.287 e. The maximum absolute atomic E-state index is 13.1. The molecule has 9 nitrogen and oxygen atoms in total. The molecule has 0 radical (unpaired) electrons. The molecule has 0 amide bonds. The number of anilines is 1. The van der Waals surface area contributed by atoms with Crippen LogP contribution < -0.4 is 4.72 Å². The lowest BCUT2D eigenvalue weighted by Crippen LogP contribution is -2.15. The second-order valence-electron chi connectivity index (χ2n) is 7.74. The molecule has 34 heavy (non-hydrogen) atoms. The average molecular weight is 493 g/mol. The number of aryl methyl sites for hydroxylation is 2. The van der Waals surface area contributed by atoms with Crippen molar-refractivity contribution in [1.82, 2.24) is 24.4 Å². The lowest BCUT2D eigenvalue weighted by atomic mass is 10.1. The van der Waals surface area contributed by atoms with Crippen LogP contribution in [0, 0.1) is 13.8 Å². The molecule has 0 saturated carbocycles. The largest absolute Gasteiger partial charge is 0.287 e. The highest BCUT2D eigenvalue weighted by atomic mass is 32.2. The maximum atomic E-state index is 13.1. The third kappa shape index (κ3) is 3.68. The number of nitrogens with one attached hydrogen (secondary N) is 1. The highest BCUT2D eigenvalue weighted by Crippen LogP contribution is 2.27. The van der Waals surface area contributed by atoms with Crippen LogP contribution in [0.1, 0.15) is 26.6 Å². The summed E-state index contributed by atoms with van der Waals surface area (Å²) in [7, 11) is -2.13. The summed E-state index contributed by atoms with van der Waals surface area (Å²) >= 11 is 1.36. The molecular weight excluding hydrogens is 472 g/mol. The van der Waals surface area contributed by atoms with E-state index in [1.807, 2.05) is 17.5 Å². The molecule has 0 bridgehead atoms. The molecule has 0 unspecified atom stereocenters. The van der Waals surface area contributed by atoms with Gasteiger partial charge < -0.3 is 0 Å². The normalized spacial score (nSPS) is 11.7. The first-order valence-corrected chi connectivity index (χ1v) is 12.7. The zero-order chi connectivity index (χ0) is 24.0.